The van der Waals surface area contributed by atoms with Gasteiger partial charge >= 0.3 is 6.03 Å². The molecule has 6 fully saturated rings. The molecule has 6 atom stereocenters. The Morgan fingerprint density at radius 3 is 2.10 bits per heavy atom. The number of carbonyl (C=O) groups excluding carboxylic acids is 4. The molecule has 3 heterocycles. The second-order valence-electron chi connectivity index (χ2n) is 16.5. The van der Waals surface area contributed by atoms with Gasteiger partial charge in [0.1, 0.15) is 6.04 Å². The van der Waals surface area contributed by atoms with Gasteiger partial charge in [0.15, 0.2) is 9.84 Å². The standard InChI is InChI=1S/C36H59N5O6S/c1-35(2)25-23-41-28(30(25)35)22-37-26(31(42)32(43)38-24-17-18-24)14-9-6-4-3-5-7-10-15-27(33(41)44)39-34(45)40-36(19-11-8-12-20-36)29-16-13-21-48(29,46)47/h24-30,37H,3-23H2,1-2H3,(H,38,43)(H2,39,40,45)/t25-,26-,27-,28+,29-,30-/m0/s1. The van der Waals surface area contributed by atoms with E-state index >= 15 is 0 Å². The Bertz CT molecular complexity index is 1330. The molecule has 0 bridgehead atoms. The minimum Gasteiger partial charge on any atom is -0.347 e. The lowest BCUT2D eigenvalue weighted by Gasteiger charge is -2.42. The molecule has 12 heteroatoms. The van der Waals surface area contributed by atoms with E-state index in [-0.39, 0.29) is 35.1 Å². The Morgan fingerprint density at radius 2 is 1.46 bits per heavy atom. The fraction of sp³-hybridized carbons (Fsp3) is 0.889. The molecule has 0 radical (unpaired) electrons. The van der Waals surface area contributed by atoms with Crippen LogP contribution in [0.25, 0.3) is 0 Å². The number of nitrogens with zero attached hydrogens (tertiary/aromatic N) is 1. The van der Waals surface area contributed by atoms with E-state index in [1.165, 1.54) is 0 Å². The normalized spacial score (nSPS) is 35.1. The Morgan fingerprint density at radius 1 is 0.812 bits per heavy atom. The van der Waals surface area contributed by atoms with Crippen LogP contribution < -0.4 is 21.3 Å². The van der Waals surface area contributed by atoms with Crippen LogP contribution in [0.2, 0.25) is 0 Å². The monoisotopic (exact) mass is 689 g/mol. The topological polar surface area (TPSA) is 154 Å². The van der Waals surface area contributed by atoms with Crippen LogP contribution >= 0.6 is 0 Å². The first-order chi connectivity index (χ1) is 22.9. The van der Waals surface area contributed by atoms with Crippen LogP contribution in [0, 0.1) is 17.3 Å². The molecule has 4 amide bonds. The first-order valence-electron chi connectivity index (χ1n) is 19.1. The minimum atomic E-state index is -3.29. The number of Topliss-reactive ketones (excluding diaryl/α,β-unsaturated/α-hetero) is 1. The average molecular weight is 690 g/mol. The summed E-state index contributed by atoms with van der Waals surface area (Å²) in [7, 11) is -3.29. The van der Waals surface area contributed by atoms with Gasteiger partial charge in [-0.1, -0.05) is 78.1 Å². The molecule has 0 aromatic rings. The van der Waals surface area contributed by atoms with Gasteiger partial charge in [0.2, 0.25) is 11.7 Å². The van der Waals surface area contributed by atoms with E-state index in [0.717, 1.165) is 77.0 Å². The lowest BCUT2D eigenvalue weighted by molar-refractivity contribution is -0.139. The quantitative estimate of drug-likeness (QED) is 0.310. The predicted octanol–water partition coefficient (Wildman–Crippen LogP) is 3.75. The number of nitrogens with one attached hydrogen (secondary N) is 4. The molecule has 11 nitrogen and oxygen atoms in total. The molecule has 48 heavy (non-hydrogen) atoms. The highest BCUT2D eigenvalue weighted by Gasteiger charge is 2.67. The summed E-state index contributed by atoms with van der Waals surface area (Å²) in [6, 6.07) is -1.79. The van der Waals surface area contributed by atoms with Crippen molar-refractivity contribution in [1.82, 2.24) is 26.2 Å². The van der Waals surface area contributed by atoms with E-state index in [2.05, 4.69) is 35.1 Å². The first kappa shape index (κ1) is 35.6. The second kappa shape index (κ2) is 14.6. The summed E-state index contributed by atoms with van der Waals surface area (Å²) in [5, 5.41) is 12.0. The van der Waals surface area contributed by atoms with Crippen LogP contribution in [0.5, 0.6) is 0 Å². The number of rotatable bonds is 6. The molecule has 3 saturated heterocycles. The SMILES string of the molecule is CC1(C)[C@@H]2[C@H]3CN[C@H](C(=O)C(=O)NC4CC4)CCCCCCCCC[C@H](NC(=O)NC4([C@@H]5CCCS5(=O)=O)CCCCC4)C(=O)N3C[C@@H]21. The molecule has 270 valence electrons. The number of carbonyl (C=O) groups is 4. The van der Waals surface area contributed by atoms with Crippen LogP contribution in [0.1, 0.15) is 129 Å². The molecular formula is C36H59N5O6S. The zero-order valence-electron chi connectivity index (χ0n) is 29.2. The van der Waals surface area contributed by atoms with Crippen LogP contribution in [0.4, 0.5) is 4.79 Å². The summed E-state index contributed by atoms with van der Waals surface area (Å²) in [5.41, 5.74) is -0.717. The number of piperidine rings is 1. The Hall–Kier alpha value is -2.21. The minimum absolute atomic E-state index is 0.0766. The van der Waals surface area contributed by atoms with Crippen molar-refractivity contribution in [2.45, 2.75) is 164 Å². The lowest BCUT2D eigenvalue weighted by atomic mass is 9.78. The number of urea groups is 1. The van der Waals surface area contributed by atoms with Gasteiger partial charge in [-0.3, -0.25) is 14.4 Å². The van der Waals surface area contributed by atoms with Crippen molar-refractivity contribution in [3.05, 3.63) is 0 Å². The molecule has 3 aliphatic heterocycles. The predicted molar refractivity (Wildman–Crippen MR) is 184 cm³/mol. The first-order valence-corrected chi connectivity index (χ1v) is 20.8. The molecule has 6 rings (SSSR count). The van der Waals surface area contributed by atoms with Crippen molar-refractivity contribution in [3.8, 4) is 0 Å². The zero-order chi connectivity index (χ0) is 34.1. The van der Waals surface area contributed by atoms with Gasteiger partial charge in [0, 0.05) is 25.2 Å². The third kappa shape index (κ3) is 7.74. The fourth-order valence-electron chi connectivity index (χ4n) is 9.74. The molecule has 6 aliphatic rings. The number of hydrogen-bond donors (Lipinski definition) is 4. The molecule has 0 unspecified atom stereocenters. The molecular weight excluding hydrogens is 630 g/mol. The molecule has 3 aliphatic carbocycles. The van der Waals surface area contributed by atoms with E-state index < -0.39 is 50.4 Å². The van der Waals surface area contributed by atoms with Crippen LogP contribution in [0.15, 0.2) is 0 Å². The van der Waals surface area contributed by atoms with Crippen molar-refractivity contribution in [2.75, 3.05) is 18.8 Å². The molecule has 0 aromatic carbocycles. The highest BCUT2D eigenvalue weighted by atomic mass is 32.2. The van der Waals surface area contributed by atoms with E-state index in [4.69, 9.17) is 0 Å². The summed E-state index contributed by atoms with van der Waals surface area (Å²) in [6.45, 7) is 5.50. The fourth-order valence-corrected chi connectivity index (χ4v) is 12.1. The highest BCUT2D eigenvalue weighted by molar-refractivity contribution is 7.92. The van der Waals surface area contributed by atoms with Crippen molar-refractivity contribution >= 4 is 33.5 Å². The maximum absolute atomic E-state index is 14.4. The molecule has 4 N–H and O–H groups in total. The molecule has 0 spiro atoms. The Kier molecular flexibility index (Phi) is 10.8. The van der Waals surface area contributed by atoms with Crippen LogP contribution in [-0.4, -0.2) is 90.7 Å². The number of sulfone groups is 1. The summed E-state index contributed by atoms with van der Waals surface area (Å²) >= 11 is 0. The van der Waals surface area contributed by atoms with Crippen molar-refractivity contribution in [2.24, 2.45) is 17.3 Å². The van der Waals surface area contributed by atoms with E-state index in [1.54, 1.807) is 0 Å². The molecule has 0 aromatic heterocycles. The third-order valence-corrected chi connectivity index (χ3v) is 15.2. The summed E-state index contributed by atoms with van der Waals surface area (Å²) in [5.74, 6) is -0.239. The summed E-state index contributed by atoms with van der Waals surface area (Å²) in [6.07, 6.45) is 15.0. The smallest absolute Gasteiger partial charge is 0.315 e. The third-order valence-electron chi connectivity index (χ3n) is 12.8. The van der Waals surface area contributed by atoms with Crippen molar-refractivity contribution < 1.29 is 27.6 Å². The summed E-state index contributed by atoms with van der Waals surface area (Å²) in [4.78, 5) is 56.3. The Labute approximate surface area is 287 Å². The van der Waals surface area contributed by atoms with E-state index in [1.807, 2.05) is 4.90 Å². The van der Waals surface area contributed by atoms with Crippen molar-refractivity contribution in [1.29, 1.82) is 0 Å². The lowest BCUT2D eigenvalue weighted by Crippen LogP contribution is -2.63. The van der Waals surface area contributed by atoms with Gasteiger partial charge in [-0.2, -0.15) is 0 Å². The van der Waals surface area contributed by atoms with E-state index in [0.29, 0.717) is 57.5 Å². The van der Waals surface area contributed by atoms with Gasteiger partial charge < -0.3 is 26.2 Å². The van der Waals surface area contributed by atoms with E-state index in [9.17, 15) is 27.6 Å². The highest BCUT2D eigenvalue weighted by Crippen LogP contribution is 2.64. The van der Waals surface area contributed by atoms with Crippen LogP contribution in [-0.2, 0) is 24.2 Å². The second-order valence-corrected chi connectivity index (χ2v) is 18.8. The number of ketones is 1. The van der Waals surface area contributed by atoms with Gasteiger partial charge in [-0.05, 0) is 68.6 Å². The van der Waals surface area contributed by atoms with Gasteiger partial charge in [0.05, 0.1) is 22.6 Å². The largest absolute Gasteiger partial charge is 0.347 e. The Balaban J connectivity index is 1.19. The maximum Gasteiger partial charge on any atom is 0.315 e. The number of hydrogen-bond acceptors (Lipinski definition) is 7. The number of amides is 4. The van der Waals surface area contributed by atoms with Gasteiger partial charge in [-0.15, -0.1) is 0 Å². The van der Waals surface area contributed by atoms with Gasteiger partial charge in [-0.25, -0.2) is 13.2 Å². The summed E-state index contributed by atoms with van der Waals surface area (Å²) < 4.78 is 26.2. The van der Waals surface area contributed by atoms with Crippen molar-refractivity contribution in [3.63, 3.8) is 0 Å². The average Bonchev–Trinajstić information content (AvgIpc) is 3.84. The zero-order valence-corrected chi connectivity index (χ0v) is 30.0. The molecule has 3 saturated carbocycles. The van der Waals surface area contributed by atoms with Crippen LogP contribution in [0.3, 0.4) is 0 Å². The number of fused-ring (bicyclic) bond motifs is 3. The maximum atomic E-state index is 14.4. The van der Waals surface area contributed by atoms with Gasteiger partial charge in [0.25, 0.3) is 5.91 Å².